The van der Waals surface area contributed by atoms with Gasteiger partial charge < -0.3 is 37.2 Å². The van der Waals surface area contributed by atoms with Gasteiger partial charge in [0.15, 0.2) is 0 Å². The Bertz CT molecular complexity index is 8.49. The molecular weight excluding hydrogens is 271 g/mol. The molecule has 0 rings (SSSR count). The Hall–Kier alpha value is 2.70. The molecule has 0 radical (unpaired) electrons. The molecule has 0 aromatic heterocycles. The number of halogens is 6. The van der Waals surface area contributed by atoms with Gasteiger partial charge in [-0.25, -0.2) is 0 Å². The zero-order valence-corrected chi connectivity index (χ0v) is 10.9. The minimum Gasteiger partial charge on any atom is -1.00 e. The molecule has 0 aliphatic carbocycles. The molecule has 0 saturated carbocycles. The van der Waals surface area contributed by atoms with Crippen LogP contribution < -0.4 is 37.2 Å². The summed E-state index contributed by atoms with van der Waals surface area (Å²) in [6, 6.07) is 0. The van der Waals surface area contributed by atoms with Crippen LogP contribution in [0.1, 0.15) is 0 Å². The molecule has 0 aliphatic heterocycles. The fourth-order valence-corrected chi connectivity index (χ4v) is 0. The van der Waals surface area contributed by atoms with E-state index in [9.17, 15) is 0 Å². The Kier molecular flexibility index (Phi) is 1730. The standard InChI is InChI=1S/Al.6ClH.H3P/h;6*1H;1H3/q+3;;;;;;;/p-3. The largest absolute Gasteiger partial charge is 3.00 e. The summed E-state index contributed by atoms with van der Waals surface area (Å²) in [4.78, 5) is 0. The van der Waals surface area contributed by atoms with Gasteiger partial charge in [0.2, 0.25) is 0 Å². The van der Waals surface area contributed by atoms with Gasteiger partial charge in [-0.1, -0.05) is 0 Å². The third-order valence-electron chi connectivity index (χ3n) is 0. The zero-order chi connectivity index (χ0) is 0. The summed E-state index contributed by atoms with van der Waals surface area (Å²) in [5.74, 6) is 0. The minimum atomic E-state index is 0. The first-order valence-corrected chi connectivity index (χ1v) is 0. The van der Waals surface area contributed by atoms with Crippen molar-refractivity contribution in [3.63, 3.8) is 0 Å². The normalized spacial score (nSPS) is 0. The van der Waals surface area contributed by atoms with Gasteiger partial charge in [0.25, 0.3) is 0 Å². The van der Waals surface area contributed by atoms with Gasteiger partial charge in [0, 0.05) is 0 Å². The molecule has 0 heterocycles. The first kappa shape index (κ1) is 138. The predicted octanol–water partition coefficient (Wildman–Crippen LogP) is -8.05. The second-order valence-corrected chi connectivity index (χ2v) is 0. The van der Waals surface area contributed by atoms with E-state index in [-0.39, 0.29) is 102 Å². The van der Waals surface area contributed by atoms with Crippen LogP contribution in [0.5, 0.6) is 0 Å². The first-order valence-electron chi connectivity index (χ1n) is 0. The molecule has 0 aromatic rings. The van der Waals surface area contributed by atoms with Crippen molar-refractivity contribution in [3.8, 4) is 0 Å². The van der Waals surface area contributed by atoms with Crippen molar-refractivity contribution in [2.24, 2.45) is 0 Å². The van der Waals surface area contributed by atoms with E-state index in [0.717, 1.165) is 0 Å². The SMILES string of the molecule is Cl.Cl.Cl.P.[Al+3].[Cl-].[Cl-].[Cl-]. The summed E-state index contributed by atoms with van der Waals surface area (Å²) in [6.07, 6.45) is 0. The molecule has 0 spiro atoms. The Balaban J connectivity index is 0. The Morgan fingerprint density at radius 2 is 0.500 bits per heavy atom. The average molecular weight is 277 g/mol. The summed E-state index contributed by atoms with van der Waals surface area (Å²) in [5, 5.41) is 0. The van der Waals surface area contributed by atoms with E-state index in [1.165, 1.54) is 0 Å². The summed E-state index contributed by atoms with van der Waals surface area (Å²) >= 11 is 0. The van der Waals surface area contributed by atoms with Gasteiger partial charge in [-0.3, -0.25) is 0 Å². The molecule has 0 N–H and O–H groups in total. The molecule has 8 heavy (non-hydrogen) atoms. The van der Waals surface area contributed by atoms with Crippen LogP contribution in [0.2, 0.25) is 0 Å². The third kappa shape index (κ3) is 70.7. The number of rotatable bonds is 0. The summed E-state index contributed by atoms with van der Waals surface area (Å²) in [5.41, 5.74) is 0. The molecule has 0 nitrogen and oxygen atoms in total. The van der Waals surface area contributed by atoms with Crippen molar-refractivity contribution in [1.29, 1.82) is 0 Å². The van der Waals surface area contributed by atoms with Crippen LogP contribution in [0.4, 0.5) is 0 Å². The molecule has 1 unspecified atom stereocenters. The number of hydrogen-bond acceptors (Lipinski definition) is 0. The van der Waals surface area contributed by atoms with Crippen LogP contribution in [-0.2, 0) is 0 Å². The van der Waals surface area contributed by atoms with E-state index >= 15 is 0 Å². The second kappa shape index (κ2) is 101. The fourth-order valence-electron chi connectivity index (χ4n) is 0. The second-order valence-electron chi connectivity index (χ2n) is 0. The van der Waals surface area contributed by atoms with Crippen molar-refractivity contribution in [3.05, 3.63) is 0 Å². The van der Waals surface area contributed by atoms with E-state index in [1.807, 2.05) is 0 Å². The Labute approximate surface area is 101 Å². The van der Waals surface area contributed by atoms with Gasteiger partial charge in [0.05, 0.1) is 0 Å². The molecular formula is H6AlCl6P. The van der Waals surface area contributed by atoms with Gasteiger partial charge in [-0.2, -0.15) is 9.90 Å². The molecule has 0 amide bonds. The zero-order valence-electron chi connectivity index (χ0n) is 3.64. The molecule has 56 valence electrons. The van der Waals surface area contributed by atoms with Crippen LogP contribution >= 0.6 is 47.1 Å². The van der Waals surface area contributed by atoms with E-state index < -0.39 is 0 Å². The summed E-state index contributed by atoms with van der Waals surface area (Å²) < 4.78 is 0. The molecule has 0 saturated heterocycles. The Morgan fingerprint density at radius 3 is 0.500 bits per heavy atom. The summed E-state index contributed by atoms with van der Waals surface area (Å²) in [6.45, 7) is 0. The monoisotopic (exact) mass is 274 g/mol. The Morgan fingerprint density at radius 1 is 0.500 bits per heavy atom. The first-order chi connectivity index (χ1) is 0. The van der Waals surface area contributed by atoms with E-state index in [0.29, 0.717) is 0 Å². The van der Waals surface area contributed by atoms with Gasteiger partial charge in [0.1, 0.15) is 0 Å². The van der Waals surface area contributed by atoms with Crippen molar-refractivity contribution in [2.75, 3.05) is 0 Å². The van der Waals surface area contributed by atoms with E-state index in [2.05, 4.69) is 0 Å². The summed E-state index contributed by atoms with van der Waals surface area (Å²) in [7, 11) is 0. The van der Waals surface area contributed by atoms with Crippen molar-refractivity contribution < 1.29 is 37.2 Å². The van der Waals surface area contributed by atoms with Gasteiger partial charge in [-0.15, -0.1) is 37.2 Å². The maximum atomic E-state index is 0. The molecule has 0 fully saturated rings. The van der Waals surface area contributed by atoms with Gasteiger partial charge >= 0.3 is 17.4 Å². The predicted molar refractivity (Wildman–Crippen MR) is 38.6 cm³/mol. The fraction of sp³-hybridized carbons (Fsp3) is 0. The van der Waals surface area contributed by atoms with Crippen molar-refractivity contribution in [2.45, 2.75) is 0 Å². The van der Waals surface area contributed by atoms with E-state index in [1.54, 1.807) is 0 Å². The maximum absolute atomic E-state index is 0. The van der Waals surface area contributed by atoms with Crippen molar-refractivity contribution in [1.82, 2.24) is 0 Å². The quantitative estimate of drug-likeness (QED) is 0.305. The number of hydrogen-bond donors (Lipinski definition) is 0. The maximum Gasteiger partial charge on any atom is 3.00 e. The molecule has 1 atom stereocenters. The average Bonchev–Trinajstić information content (AvgIpc) is 0. The molecule has 0 aromatic carbocycles. The van der Waals surface area contributed by atoms with Crippen LogP contribution in [0.15, 0.2) is 0 Å². The van der Waals surface area contributed by atoms with Crippen LogP contribution in [0.25, 0.3) is 0 Å². The topological polar surface area (TPSA) is 0 Å². The molecule has 0 bridgehead atoms. The van der Waals surface area contributed by atoms with Crippen LogP contribution in [0.3, 0.4) is 0 Å². The third-order valence-corrected chi connectivity index (χ3v) is 0. The van der Waals surface area contributed by atoms with Gasteiger partial charge in [-0.05, 0) is 0 Å². The van der Waals surface area contributed by atoms with E-state index in [4.69, 9.17) is 0 Å². The van der Waals surface area contributed by atoms with Crippen LogP contribution in [0, 0.1) is 0 Å². The minimum absolute atomic E-state index is 0. The molecule has 8 heteroatoms. The molecule has 0 aliphatic rings. The van der Waals surface area contributed by atoms with Crippen molar-refractivity contribution >= 4 is 64.5 Å². The van der Waals surface area contributed by atoms with Crippen LogP contribution in [-0.4, -0.2) is 17.4 Å². The smallest absolute Gasteiger partial charge is 1.00 e.